The summed E-state index contributed by atoms with van der Waals surface area (Å²) in [6.45, 7) is 0.870. The smallest absolute Gasteiger partial charge is 0.269 e. The van der Waals surface area contributed by atoms with Crippen molar-refractivity contribution in [3.8, 4) is 5.75 Å². The van der Waals surface area contributed by atoms with Crippen LogP contribution in [0, 0.1) is 0 Å². The summed E-state index contributed by atoms with van der Waals surface area (Å²) in [5.74, 6) is 0.368. The number of carbonyl (C=O) groups excluding carboxylic acids is 1. The maximum atomic E-state index is 11.2. The lowest BCUT2D eigenvalue weighted by Gasteiger charge is -2.05. The van der Waals surface area contributed by atoms with Gasteiger partial charge in [-0.3, -0.25) is 9.78 Å². The van der Waals surface area contributed by atoms with E-state index in [-0.39, 0.29) is 5.91 Å². The average molecular weight is 195 g/mol. The number of amides is 1. The quantitative estimate of drug-likeness (QED) is 0.696. The number of ether oxygens (including phenoxy) is 1. The van der Waals surface area contributed by atoms with Crippen LogP contribution in [-0.2, 0) is 0 Å². The Hall–Kier alpha value is -1.62. The van der Waals surface area contributed by atoms with E-state index in [1.165, 1.54) is 6.20 Å². The highest BCUT2D eigenvalue weighted by molar-refractivity contribution is 5.92. The number of nitrogens with two attached hydrogens (primary N) is 1. The fourth-order valence-corrected chi connectivity index (χ4v) is 0.930. The molecule has 1 amide bonds. The molecule has 0 atom stereocenters. The van der Waals surface area contributed by atoms with Gasteiger partial charge >= 0.3 is 0 Å². The molecule has 0 aliphatic carbocycles. The largest absolute Gasteiger partial charge is 0.492 e. The predicted molar refractivity (Wildman–Crippen MR) is 52.2 cm³/mol. The molecule has 0 unspecified atom stereocenters. The van der Waals surface area contributed by atoms with Gasteiger partial charge in [-0.05, 0) is 6.07 Å². The van der Waals surface area contributed by atoms with Gasteiger partial charge in [0.2, 0.25) is 0 Å². The molecule has 0 fully saturated rings. The Bertz CT molecular complexity index is 315. The van der Waals surface area contributed by atoms with Crippen molar-refractivity contribution in [2.45, 2.75) is 0 Å². The molecule has 0 radical (unpaired) electrons. The number of nitrogens with zero attached hydrogens (tertiary/aromatic N) is 1. The highest BCUT2D eigenvalue weighted by Crippen LogP contribution is 2.10. The fourth-order valence-electron chi connectivity index (χ4n) is 0.930. The van der Waals surface area contributed by atoms with Gasteiger partial charge in [0.25, 0.3) is 5.91 Å². The van der Waals surface area contributed by atoms with Crippen LogP contribution in [0.2, 0.25) is 0 Å². The molecule has 5 nitrogen and oxygen atoms in total. The second-order valence-electron chi connectivity index (χ2n) is 2.59. The van der Waals surface area contributed by atoms with E-state index in [1.54, 1.807) is 19.2 Å². The summed E-state index contributed by atoms with van der Waals surface area (Å²) >= 11 is 0. The number of pyridine rings is 1. The van der Waals surface area contributed by atoms with E-state index in [4.69, 9.17) is 10.5 Å². The summed E-state index contributed by atoms with van der Waals surface area (Å²) in [4.78, 5) is 15.1. The van der Waals surface area contributed by atoms with Crippen LogP contribution < -0.4 is 15.8 Å². The molecule has 0 saturated carbocycles. The first-order valence-electron chi connectivity index (χ1n) is 4.29. The molecule has 0 aliphatic heterocycles. The zero-order chi connectivity index (χ0) is 10.4. The summed E-state index contributed by atoms with van der Waals surface area (Å²) in [5, 5.41) is 2.48. The van der Waals surface area contributed by atoms with Gasteiger partial charge in [0.15, 0.2) is 0 Å². The highest BCUT2D eigenvalue weighted by atomic mass is 16.5. The van der Waals surface area contributed by atoms with Crippen LogP contribution in [0.3, 0.4) is 0 Å². The summed E-state index contributed by atoms with van der Waals surface area (Å²) in [6.07, 6.45) is 1.52. The Balaban J connectivity index is 2.73. The van der Waals surface area contributed by atoms with Gasteiger partial charge in [0.1, 0.15) is 18.1 Å². The van der Waals surface area contributed by atoms with Gasteiger partial charge in [-0.2, -0.15) is 0 Å². The monoisotopic (exact) mass is 195 g/mol. The third-order valence-corrected chi connectivity index (χ3v) is 1.58. The van der Waals surface area contributed by atoms with E-state index in [0.29, 0.717) is 24.6 Å². The lowest BCUT2D eigenvalue weighted by molar-refractivity contribution is 0.0957. The van der Waals surface area contributed by atoms with E-state index >= 15 is 0 Å². The summed E-state index contributed by atoms with van der Waals surface area (Å²) in [5.41, 5.74) is 5.62. The van der Waals surface area contributed by atoms with Crippen LogP contribution in [0.15, 0.2) is 18.3 Å². The number of hydrogen-bond donors (Lipinski definition) is 2. The van der Waals surface area contributed by atoms with Gasteiger partial charge in [-0.1, -0.05) is 0 Å². The lowest BCUT2D eigenvalue weighted by Crippen LogP contribution is -2.19. The lowest BCUT2D eigenvalue weighted by atomic mass is 10.3. The average Bonchev–Trinajstić information content (AvgIpc) is 2.25. The molecule has 1 aromatic heterocycles. The summed E-state index contributed by atoms with van der Waals surface area (Å²) in [6, 6.07) is 3.26. The van der Waals surface area contributed by atoms with Crippen molar-refractivity contribution in [3.63, 3.8) is 0 Å². The molecule has 1 aromatic rings. The summed E-state index contributed by atoms with van der Waals surface area (Å²) in [7, 11) is 1.55. The first-order valence-corrected chi connectivity index (χ1v) is 4.29. The minimum absolute atomic E-state index is 0.233. The van der Waals surface area contributed by atoms with Crippen molar-refractivity contribution < 1.29 is 9.53 Å². The van der Waals surface area contributed by atoms with E-state index < -0.39 is 0 Å². The Labute approximate surface area is 82.3 Å². The molecular weight excluding hydrogens is 182 g/mol. The molecule has 1 heterocycles. The molecule has 0 bridgehead atoms. The second kappa shape index (κ2) is 5.18. The van der Waals surface area contributed by atoms with Crippen molar-refractivity contribution in [3.05, 3.63) is 24.0 Å². The number of aromatic nitrogens is 1. The topological polar surface area (TPSA) is 77.2 Å². The molecule has 5 heteroatoms. The van der Waals surface area contributed by atoms with Crippen LogP contribution >= 0.6 is 0 Å². The van der Waals surface area contributed by atoms with Crippen molar-refractivity contribution in [2.24, 2.45) is 5.73 Å². The SMILES string of the molecule is CNC(=O)c1cc(OCCN)ccn1. The highest BCUT2D eigenvalue weighted by Gasteiger charge is 2.05. The first kappa shape index (κ1) is 10.5. The van der Waals surface area contributed by atoms with Crippen molar-refractivity contribution >= 4 is 5.91 Å². The van der Waals surface area contributed by atoms with Gasteiger partial charge in [0, 0.05) is 25.9 Å². The van der Waals surface area contributed by atoms with Crippen molar-refractivity contribution in [2.75, 3.05) is 20.2 Å². The van der Waals surface area contributed by atoms with Gasteiger partial charge < -0.3 is 15.8 Å². The molecule has 1 rings (SSSR count). The molecule has 0 spiro atoms. The summed E-state index contributed by atoms with van der Waals surface area (Å²) < 4.78 is 5.25. The Morgan fingerprint density at radius 1 is 1.71 bits per heavy atom. The van der Waals surface area contributed by atoms with E-state index in [9.17, 15) is 4.79 Å². The molecule has 0 aromatic carbocycles. The second-order valence-corrected chi connectivity index (χ2v) is 2.59. The molecular formula is C9H13N3O2. The first-order chi connectivity index (χ1) is 6.77. The molecule has 3 N–H and O–H groups in total. The van der Waals surface area contributed by atoms with Crippen LogP contribution in [-0.4, -0.2) is 31.1 Å². The van der Waals surface area contributed by atoms with E-state index in [2.05, 4.69) is 10.3 Å². The molecule has 14 heavy (non-hydrogen) atoms. The maximum absolute atomic E-state index is 11.2. The normalized spacial score (nSPS) is 9.57. The molecule has 76 valence electrons. The maximum Gasteiger partial charge on any atom is 0.269 e. The van der Waals surface area contributed by atoms with E-state index in [0.717, 1.165) is 0 Å². The Morgan fingerprint density at radius 2 is 2.50 bits per heavy atom. The van der Waals surface area contributed by atoms with Crippen molar-refractivity contribution in [1.82, 2.24) is 10.3 Å². The fraction of sp³-hybridized carbons (Fsp3) is 0.333. The molecule has 0 saturated heterocycles. The Kier molecular flexibility index (Phi) is 3.87. The van der Waals surface area contributed by atoms with E-state index in [1.807, 2.05) is 0 Å². The minimum Gasteiger partial charge on any atom is -0.492 e. The number of carbonyl (C=O) groups is 1. The predicted octanol–water partition coefficient (Wildman–Crippen LogP) is -0.221. The number of hydrogen-bond acceptors (Lipinski definition) is 4. The zero-order valence-corrected chi connectivity index (χ0v) is 7.99. The van der Waals surface area contributed by atoms with Crippen molar-refractivity contribution in [1.29, 1.82) is 0 Å². The standard InChI is InChI=1S/C9H13N3O2/c1-11-9(13)8-6-7(2-4-12-8)14-5-3-10/h2,4,6H,3,5,10H2,1H3,(H,11,13). The third kappa shape index (κ3) is 2.70. The third-order valence-electron chi connectivity index (χ3n) is 1.58. The van der Waals surface area contributed by atoms with Crippen LogP contribution in [0.4, 0.5) is 0 Å². The molecule has 0 aliphatic rings. The minimum atomic E-state index is -0.233. The van der Waals surface area contributed by atoms with Crippen LogP contribution in [0.5, 0.6) is 5.75 Å². The van der Waals surface area contributed by atoms with Gasteiger partial charge in [0.05, 0.1) is 0 Å². The zero-order valence-electron chi connectivity index (χ0n) is 7.99. The Morgan fingerprint density at radius 3 is 3.14 bits per heavy atom. The van der Waals surface area contributed by atoms with Gasteiger partial charge in [-0.15, -0.1) is 0 Å². The van der Waals surface area contributed by atoms with Gasteiger partial charge in [-0.25, -0.2) is 0 Å². The number of rotatable bonds is 4. The van der Waals surface area contributed by atoms with Crippen LogP contribution in [0.1, 0.15) is 10.5 Å². The number of nitrogens with one attached hydrogen (secondary N) is 1. The van der Waals surface area contributed by atoms with Crippen LogP contribution in [0.25, 0.3) is 0 Å².